The molecule has 0 spiro atoms. The van der Waals surface area contributed by atoms with Gasteiger partial charge in [-0.05, 0) is 26.7 Å². The van der Waals surface area contributed by atoms with Crippen molar-refractivity contribution in [3.63, 3.8) is 0 Å². The predicted octanol–water partition coefficient (Wildman–Crippen LogP) is 3.41. The van der Waals surface area contributed by atoms with Gasteiger partial charge in [0.1, 0.15) is 0 Å². The van der Waals surface area contributed by atoms with Gasteiger partial charge in [-0.25, -0.2) is 0 Å². The molecule has 62 valence electrons. The van der Waals surface area contributed by atoms with Gasteiger partial charge in [0, 0.05) is 11.5 Å². The van der Waals surface area contributed by atoms with Crippen LogP contribution in [0.15, 0.2) is 23.3 Å². The molecular formula is C10H16S. The number of rotatable bonds is 0. The Morgan fingerprint density at radius 3 is 2.82 bits per heavy atom. The number of hydrogen-bond acceptors (Lipinski definition) is 1. The van der Waals surface area contributed by atoms with Crippen molar-refractivity contribution in [2.45, 2.75) is 26.7 Å². The van der Waals surface area contributed by atoms with Crippen molar-refractivity contribution in [2.24, 2.45) is 0 Å². The molecule has 1 heteroatoms. The molecule has 1 aliphatic rings. The highest BCUT2D eigenvalue weighted by atomic mass is 32.2. The van der Waals surface area contributed by atoms with Gasteiger partial charge in [0.15, 0.2) is 0 Å². The average Bonchev–Trinajstić information content (AvgIpc) is 2.04. The molecule has 1 heterocycles. The Balaban J connectivity index is 2.49. The minimum absolute atomic E-state index is 1.19. The number of allylic oxidation sites excluding steroid dienone is 2. The molecule has 1 rings (SSSR count). The lowest BCUT2D eigenvalue weighted by Gasteiger charge is -1.96. The van der Waals surface area contributed by atoms with E-state index in [1.807, 2.05) is 11.8 Å². The zero-order valence-corrected chi connectivity index (χ0v) is 8.21. The summed E-state index contributed by atoms with van der Waals surface area (Å²) in [5.74, 6) is 2.40. The molecule has 0 bridgehead atoms. The molecule has 0 saturated heterocycles. The lowest BCUT2D eigenvalue weighted by atomic mass is 10.1. The van der Waals surface area contributed by atoms with Crippen molar-refractivity contribution in [3.8, 4) is 0 Å². The third-order valence-corrected chi connectivity index (χ3v) is 2.97. The fraction of sp³-hybridized carbons (Fsp3) is 0.600. The summed E-state index contributed by atoms with van der Waals surface area (Å²) < 4.78 is 0. The molecule has 11 heavy (non-hydrogen) atoms. The third-order valence-electron chi connectivity index (χ3n) is 1.91. The monoisotopic (exact) mass is 168 g/mol. The molecule has 0 amide bonds. The summed E-state index contributed by atoms with van der Waals surface area (Å²) in [6.07, 6.45) is 7.21. The van der Waals surface area contributed by atoms with E-state index in [4.69, 9.17) is 0 Å². The van der Waals surface area contributed by atoms with Crippen LogP contribution in [-0.4, -0.2) is 11.5 Å². The number of thioether (sulfide) groups is 1. The predicted molar refractivity (Wildman–Crippen MR) is 54.1 cm³/mol. The Hall–Kier alpha value is -0.170. The topological polar surface area (TPSA) is 0 Å². The molecule has 0 unspecified atom stereocenters. The van der Waals surface area contributed by atoms with Crippen molar-refractivity contribution in [3.05, 3.63) is 23.3 Å². The Morgan fingerprint density at radius 2 is 2.00 bits per heavy atom. The molecule has 0 aromatic carbocycles. The first kappa shape index (κ1) is 8.92. The summed E-state index contributed by atoms with van der Waals surface area (Å²) >= 11 is 2.01. The lowest BCUT2D eigenvalue weighted by molar-refractivity contribution is 0.967. The summed E-state index contributed by atoms with van der Waals surface area (Å²) in [6.45, 7) is 4.46. The van der Waals surface area contributed by atoms with Crippen molar-refractivity contribution in [2.75, 3.05) is 11.5 Å². The maximum Gasteiger partial charge on any atom is 0.0143 e. The second-order valence-corrected chi connectivity index (χ2v) is 4.19. The summed E-state index contributed by atoms with van der Waals surface area (Å²) in [5, 5.41) is 0. The van der Waals surface area contributed by atoms with Crippen LogP contribution in [-0.2, 0) is 0 Å². The molecule has 0 radical (unpaired) electrons. The van der Waals surface area contributed by atoms with Gasteiger partial charge in [0.05, 0.1) is 0 Å². The molecule has 0 nitrogen and oxygen atoms in total. The van der Waals surface area contributed by atoms with Gasteiger partial charge in [-0.2, -0.15) is 11.8 Å². The van der Waals surface area contributed by atoms with E-state index >= 15 is 0 Å². The fourth-order valence-corrected chi connectivity index (χ4v) is 2.09. The van der Waals surface area contributed by atoms with Gasteiger partial charge >= 0.3 is 0 Å². The highest BCUT2D eigenvalue weighted by Gasteiger charge is 1.95. The first-order chi connectivity index (χ1) is 5.29. The van der Waals surface area contributed by atoms with Crippen molar-refractivity contribution < 1.29 is 0 Å². The standard InChI is InChI=1S/C10H16S/c1-9-4-3-5-10(2)8-11-7-6-9/h5-6H,3-4,7-8H2,1-2H3/b9-6-,10-5+. The van der Waals surface area contributed by atoms with Crippen LogP contribution in [0.5, 0.6) is 0 Å². The molecule has 0 aliphatic carbocycles. The fourth-order valence-electron chi connectivity index (χ4n) is 1.13. The van der Waals surface area contributed by atoms with E-state index in [1.54, 1.807) is 5.57 Å². The number of hydrogen-bond donors (Lipinski definition) is 0. The maximum atomic E-state index is 2.37. The van der Waals surface area contributed by atoms with Crippen LogP contribution in [0.25, 0.3) is 0 Å². The van der Waals surface area contributed by atoms with E-state index in [-0.39, 0.29) is 0 Å². The Morgan fingerprint density at radius 1 is 1.18 bits per heavy atom. The van der Waals surface area contributed by atoms with Crippen LogP contribution < -0.4 is 0 Å². The van der Waals surface area contributed by atoms with E-state index < -0.39 is 0 Å². The van der Waals surface area contributed by atoms with Crippen LogP contribution in [0.2, 0.25) is 0 Å². The van der Waals surface area contributed by atoms with Crippen LogP contribution >= 0.6 is 11.8 Å². The van der Waals surface area contributed by atoms with Crippen molar-refractivity contribution in [1.82, 2.24) is 0 Å². The maximum absolute atomic E-state index is 2.37. The minimum Gasteiger partial charge on any atom is -0.153 e. The van der Waals surface area contributed by atoms with E-state index in [1.165, 1.54) is 29.9 Å². The van der Waals surface area contributed by atoms with Crippen molar-refractivity contribution >= 4 is 11.8 Å². The smallest absolute Gasteiger partial charge is 0.0143 e. The highest BCUT2D eigenvalue weighted by molar-refractivity contribution is 7.99. The van der Waals surface area contributed by atoms with Gasteiger partial charge in [0.2, 0.25) is 0 Å². The average molecular weight is 168 g/mol. The van der Waals surface area contributed by atoms with Crippen LogP contribution in [0, 0.1) is 0 Å². The Kier molecular flexibility index (Phi) is 3.78. The Bertz CT molecular complexity index is 177. The van der Waals surface area contributed by atoms with E-state index in [0.29, 0.717) is 0 Å². The first-order valence-corrected chi connectivity index (χ1v) is 5.33. The molecule has 0 fully saturated rings. The van der Waals surface area contributed by atoms with E-state index in [0.717, 1.165) is 0 Å². The normalized spacial score (nSPS) is 30.4. The molecular weight excluding hydrogens is 152 g/mol. The minimum atomic E-state index is 1.19. The Labute approximate surface area is 73.8 Å². The van der Waals surface area contributed by atoms with Gasteiger partial charge in [-0.1, -0.05) is 23.3 Å². The van der Waals surface area contributed by atoms with Crippen molar-refractivity contribution in [1.29, 1.82) is 0 Å². The van der Waals surface area contributed by atoms with Gasteiger partial charge in [-0.3, -0.25) is 0 Å². The zero-order chi connectivity index (χ0) is 8.10. The summed E-state index contributed by atoms with van der Waals surface area (Å²) in [4.78, 5) is 0. The van der Waals surface area contributed by atoms with Gasteiger partial charge in [0.25, 0.3) is 0 Å². The molecule has 0 saturated carbocycles. The summed E-state index contributed by atoms with van der Waals surface area (Å²) in [6, 6.07) is 0. The van der Waals surface area contributed by atoms with E-state index in [9.17, 15) is 0 Å². The molecule has 0 aromatic heterocycles. The van der Waals surface area contributed by atoms with Crippen LogP contribution in [0.3, 0.4) is 0 Å². The molecule has 0 aromatic rings. The molecule has 0 atom stereocenters. The second-order valence-electron chi connectivity index (χ2n) is 3.15. The van der Waals surface area contributed by atoms with E-state index in [2.05, 4.69) is 26.0 Å². The lowest BCUT2D eigenvalue weighted by Crippen LogP contribution is -1.81. The largest absolute Gasteiger partial charge is 0.153 e. The quantitative estimate of drug-likeness (QED) is 0.499. The van der Waals surface area contributed by atoms with Crippen LogP contribution in [0.1, 0.15) is 26.7 Å². The zero-order valence-electron chi connectivity index (χ0n) is 7.39. The van der Waals surface area contributed by atoms with Gasteiger partial charge < -0.3 is 0 Å². The molecule has 0 N–H and O–H groups in total. The van der Waals surface area contributed by atoms with Crippen LogP contribution in [0.4, 0.5) is 0 Å². The third kappa shape index (κ3) is 3.66. The SMILES string of the molecule is C/C1=C/CSC/C(C)=C/CC1. The second kappa shape index (κ2) is 4.66. The first-order valence-electron chi connectivity index (χ1n) is 4.18. The molecule has 1 aliphatic heterocycles. The summed E-state index contributed by atoms with van der Waals surface area (Å²) in [5.41, 5.74) is 3.08. The van der Waals surface area contributed by atoms with Gasteiger partial charge in [-0.15, -0.1) is 0 Å². The summed E-state index contributed by atoms with van der Waals surface area (Å²) in [7, 11) is 0. The highest BCUT2D eigenvalue weighted by Crippen LogP contribution is 2.15.